The van der Waals surface area contributed by atoms with E-state index in [9.17, 15) is 10.1 Å². The van der Waals surface area contributed by atoms with E-state index in [-0.39, 0.29) is 11.5 Å². The lowest BCUT2D eigenvalue weighted by molar-refractivity contribution is -0.479. The first-order chi connectivity index (χ1) is 15.6. The Morgan fingerprint density at radius 1 is 0.969 bits per heavy atom. The van der Waals surface area contributed by atoms with Gasteiger partial charge < -0.3 is 4.74 Å². The van der Waals surface area contributed by atoms with Crippen LogP contribution >= 0.6 is 11.8 Å². The summed E-state index contributed by atoms with van der Waals surface area (Å²) in [4.78, 5) is 11.1. The topological polar surface area (TPSA) is 83.1 Å². The van der Waals surface area contributed by atoms with Gasteiger partial charge in [0, 0.05) is 10.6 Å². The summed E-state index contributed by atoms with van der Waals surface area (Å²) in [5, 5.41) is 20.0. The van der Waals surface area contributed by atoms with E-state index in [0.717, 1.165) is 22.6 Å². The van der Waals surface area contributed by atoms with Crippen LogP contribution in [0.1, 0.15) is 22.2 Å². The Hall–Kier alpha value is -3.65. The Morgan fingerprint density at radius 2 is 1.62 bits per heavy atom. The minimum atomic E-state index is -0.417. The standard InChI is InChI=1S/C24H22N4O3S/c1-18-25-26-24(28(18)21-10-6-3-7-11-21)32-23(16-27(29)30)20-12-14-22(15-13-20)31-17-19-8-4-2-5-9-19/h2-15,23H,16-17H2,1H3/t23-/m0/s1. The second kappa shape index (κ2) is 10.1. The lowest BCUT2D eigenvalue weighted by Crippen LogP contribution is -2.11. The van der Waals surface area contributed by atoms with Crippen LogP contribution in [-0.4, -0.2) is 26.2 Å². The fourth-order valence-corrected chi connectivity index (χ4v) is 4.46. The maximum atomic E-state index is 11.4. The highest BCUT2D eigenvalue weighted by Crippen LogP contribution is 2.36. The van der Waals surface area contributed by atoms with Crippen molar-refractivity contribution in [3.8, 4) is 11.4 Å². The normalized spacial score (nSPS) is 11.8. The number of thioether (sulfide) groups is 1. The number of rotatable bonds is 9. The van der Waals surface area contributed by atoms with Crippen LogP contribution in [0.5, 0.6) is 5.75 Å². The van der Waals surface area contributed by atoms with Gasteiger partial charge in [-0.15, -0.1) is 10.2 Å². The van der Waals surface area contributed by atoms with Crippen molar-refractivity contribution < 1.29 is 9.66 Å². The molecule has 0 radical (unpaired) electrons. The Bertz CT molecular complexity index is 1170. The van der Waals surface area contributed by atoms with E-state index in [4.69, 9.17) is 4.74 Å². The SMILES string of the molecule is Cc1nnc(S[C@@H](C[N+](=O)[O-])c2ccc(OCc3ccccc3)cc2)n1-c1ccccc1. The number of aryl methyl sites for hydroxylation is 1. The summed E-state index contributed by atoms with van der Waals surface area (Å²) in [6.07, 6.45) is 0. The van der Waals surface area contributed by atoms with Crippen LogP contribution < -0.4 is 4.74 Å². The van der Waals surface area contributed by atoms with E-state index in [1.807, 2.05) is 96.4 Å². The maximum absolute atomic E-state index is 11.4. The minimum absolute atomic E-state index is 0.227. The van der Waals surface area contributed by atoms with Gasteiger partial charge in [-0.2, -0.15) is 0 Å². The van der Waals surface area contributed by atoms with Crippen LogP contribution in [0.2, 0.25) is 0 Å². The summed E-state index contributed by atoms with van der Waals surface area (Å²) in [5.41, 5.74) is 2.83. The largest absolute Gasteiger partial charge is 0.489 e. The van der Waals surface area contributed by atoms with E-state index < -0.39 is 5.25 Å². The predicted octanol–water partition coefficient (Wildman–Crippen LogP) is 5.26. The van der Waals surface area contributed by atoms with Crippen LogP contribution in [0.3, 0.4) is 0 Å². The summed E-state index contributed by atoms with van der Waals surface area (Å²) >= 11 is 1.34. The van der Waals surface area contributed by atoms with E-state index in [1.54, 1.807) is 0 Å². The molecule has 3 aromatic carbocycles. The second-order valence-corrected chi connectivity index (χ2v) is 8.34. The van der Waals surface area contributed by atoms with Crippen LogP contribution in [0.4, 0.5) is 0 Å². The molecule has 1 aromatic heterocycles. The van der Waals surface area contributed by atoms with Crippen LogP contribution in [-0.2, 0) is 6.61 Å². The molecule has 1 heterocycles. The molecule has 1 atom stereocenters. The van der Waals surface area contributed by atoms with E-state index >= 15 is 0 Å². The quantitative estimate of drug-likeness (QED) is 0.198. The highest BCUT2D eigenvalue weighted by molar-refractivity contribution is 7.99. The van der Waals surface area contributed by atoms with Crippen LogP contribution in [0.25, 0.3) is 5.69 Å². The number of aromatic nitrogens is 3. The first-order valence-corrected chi connectivity index (χ1v) is 11.0. The molecule has 32 heavy (non-hydrogen) atoms. The monoisotopic (exact) mass is 446 g/mol. The van der Waals surface area contributed by atoms with Gasteiger partial charge in [-0.05, 0) is 42.3 Å². The molecule has 0 aliphatic carbocycles. The average Bonchev–Trinajstić information content (AvgIpc) is 3.18. The summed E-state index contributed by atoms with van der Waals surface area (Å²) in [7, 11) is 0. The molecule has 0 unspecified atom stereocenters. The van der Waals surface area contributed by atoms with Crippen molar-refractivity contribution in [1.29, 1.82) is 0 Å². The molecule has 0 aliphatic heterocycles. The fraction of sp³-hybridized carbons (Fsp3) is 0.167. The molecule has 0 N–H and O–H groups in total. The minimum Gasteiger partial charge on any atom is -0.489 e. The number of benzene rings is 3. The number of para-hydroxylation sites is 1. The third-order valence-electron chi connectivity index (χ3n) is 4.87. The van der Waals surface area contributed by atoms with Gasteiger partial charge in [0.25, 0.3) is 0 Å². The zero-order chi connectivity index (χ0) is 22.3. The predicted molar refractivity (Wildman–Crippen MR) is 124 cm³/mol. The number of hydrogen-bond acceptors (Lipinski definition) is 6. The Labute approximate surface area is 190 Å². The number of nitrogens with zero attached hydrogens (tertiary/aromatic N) is 4. The van der Waals surface area contributed by atoms with Crippen molar-refractivity contribution in [2.75, 3.05) is 6.54 Å². The molecule has 0 bridgehead atoms. The number of hydrogen-bond donors (Lipinski definition) is 0. The molecular formula is C24H22N4O3S. The molecule has 162 valence electrons. The van der Waals surface area contributed by atoms with E-state index in [1.165, 1.54) is 11.8 Å². The molecule has 7 nitrogen and oxygen atoms in total. The van der Waals surface area contributed by atoms with E-state index in [0.29, 0.717) is 17.5 Å². The lowest BCUT2D eigenvalue weighted by atomic mass is 10.1. The molecule has 4 rings (SSSR count). The van der Waals surface area contributed by atoms with Crippen molar-refractivity contribution in [2.45, 2.75) is 23.9 Å². The summed E-state index contributed by atoms with van der Waals surface area (Å²) in [6.45, 7) is 2.10. The molecule has 0 saturated heterocycles. The summed E-state index contributed by atoms with van der Waals surface area (Å²) in [6, 6.07) is 27.1. The highest BCUT2D eigenvalue weighted by Gasteiger charge is 2.23. The van der Waals surface area contributed by atoms with Gasteiger partial charge in [0.2, 0.25) is 6.54 Å². The molecular weight excluding hydrogens is 424 g/mol. The van der Waals surface area contributed by atoms with Gasteiger partial charge in [0.05, 0.1) is 0 Å². The fourth-order valence-electron chi connectivity index (χ4n) is 3.29. The van der Waals surface area contributed by atoms with Gasteiger partial charge in [-0.25, -0.2) is 0 Å². The first-order valence-electron chi connectivity index (χ1n) is 10.1. The van der Waals surface area contributed by atoms with Gasteiger partial charge in [-0.3, -0.25) is 14.7 Å². The molecule has 8 heteroatoms. The Morgan fingerprint density at radius 3 is 2.28 bits per heavy atom. The molecule has 0 amide bonds. The number of ether oxygens (including phenoxy) is 1. The second-order valence-electron chi connectivity index (χ2n) is 7.17. The van der Waals surface area contributed by atoms with E-state index in [2.05, 4.69) is 10.2 Å². The Kier molecular flexibility index (Phi) is 6.81. The summed E-state index contributed by atoms with van der Waals surface area (Å²) in [5.74, 6) is 1.44. The average molecular weight is 447 g/mol. The zero-order valence-corrected chi connectivity index (χ0v) is 18.3. The van der Waals surface area contributed by atoms with Crippen molar-refractivity contribution in [3.05, 3.63) is 112 Å². The third-order valence-corrected chi connectivity index (χ3v) is 6.05. The molecule has 4 aromatic rings. The van der Waals surface area contributed by atoms with Crippen molar-refractivity contribution in [2.24, 2.45) is 0 Å². The zero-order valence-electron chi connectivity index (χ0n) is 17.5. The molecule has 0 saturated carbocycles. The first kappa shape index (κ1) is 21.6. The van der Waals surface area contributed by atoms with Gasteiger partial charge in [0.15, 0.2) is 5.16 Å². The highest BCUT2D eigenvalue weighted by atomic mass is 32.2. The van der Waals surface area contributed by atoms with Crippen molar-refractivity contribution in [3.63, 3.8) is 0 Å². The van der Waals surface area contributed by atoms with Crippen molar-refractivity contribution in [1.82, 2.24) is 14.8 Å². The van der Waals surface area contributed by atoms with Crippen LogP contribution in [0, 0.1) is 17.0 Å². The van der Waals surface area contributed by atoms with Crippen molar-refractivity contribution >= 4 is 11.8 Å². The van der Waals surface area contributed by atoms with Gasteiger partial charge in [-0.1, -0.05) is 72.4 Å². The summed E-state index contributed by atoms with van der Waals surface area (Å²) < 4.78 is 7.75. The van der Waals surface area contributed by atoms with Crippen LogP contribution in [0.15, 0.2) is 90.1 Å². The Balaban J connectivity index is 1.53. The molecule has 0 fully saturated rings. The number of nitro groups is 1. The molecule has 0 spiro atoms. The van der Waals surface area contributed by atoms with Gasteiger partial charge in [0.1, 0.15) is 23.4 Å². The maximum Gasteiger partial charge on any atom is 0.220 e. The third kappa shape index (κ3) is 5.33. The molecule has 0 aliphatic rings. The smallest absolute Gasteiger partial charge is 0.220 e. The lowest BCUT2D eigenvalue weighted by Gasteiger charge is -2.15. The van der Waals surface area contributed by atoms with Gasteiger partial charge >= 0.3 is 0 Å².